The first-order valence-corrected chi connectivity index (χ1v) is 12.3. The van der Waals surface area contributed by atoms with Crippen LogP contribution >= 0.6 is 0 Å². The molecule has 3 heterocycles. The van der Waals surface area contributed by atoms with Crippen LogP contribution in [0.25, 0.3) is 11.2 Å². The van der Waals surface area contributed by atoms with Gasteiger partial charge in [-0.05, 0) is 6.42 Å². The van der Waals surface area contributed by atoms with Crippen molar-refractivity contribution in [1.82, 2.24) is 19.5 Å². The molecule has 0 unspecified atom stereocenters. The number of carbonyl (C=O) groups excluding carboxylic acids is 4. The molecule has 4 atom stereocenters. The fraction of sp³-hybridized carbons (Fsp3) is 0.625. The van der Waals surface area contributed by atoms with Gasteiger partial charge >= 0.3 is 17.9 Å². The number of hydrogen-bond acceptors (Lipinski definition) is 11. The van der Waals surface area contributed by atoms with Crippen LogP contribution in [-0.2, 0) is 38.1 Å². The molecule has 37 heavy (non-hydrogen) atoms. The number of aromatic nitrogens is 4. The lowest BCUT2D eigenvalue weighted by molar-refractivity contribution is -0.166. The highest BCUT2D eigenvalue weighted by atomic mass is 16.7. The van der Waals surface area contributed by atoms with Gasteiger partial charge in [0, 0.05) is 27.2 Å². The Labute approximate surface area is 214 Å². The molecule has 1 aliphatic heterocycles. The third-order valence-corrected chi connectivity index (χ3v) is 5.74. The Bertz CT molecular complexity index is 1120. The average molecular weight is 520 g/mol. The number of amides is 1. The SMILES string of the molecule is CCCCCCCC(=O)Nc1ncnc2c1ncn2[C@@H]1O[C@@H](COC(C)=O)[C@@H](OC(C)=O)[C@H]1OC(C)=O. The minimum Gasteiger partial charge on any atom is -0.463 e. The lowest BCUT2D eigenvalue weighted by Crippen LogP contribution is -2.40. The zero-order chi connectivity index (χ0) is 26.9. The van der Waals surface area contributed by atoms with Crippen LogP contribution < -0.4 is 5.32 Å². The highest BCUT2D eigenvalue weighted by molar-refractivity contribution is 5.96. The average Bonchev–Trinajstić information content (AvgIpc) is 3.39. The topological polar surface area (TPSA) is 161 Å². The maximum atomic E-state index is 12.5. The lowest BCUT2D eigenvalue weighted by atomic mass is 10.1. The maximum absolute atomic E-state index is 12.5. The van der Waals surface area contributed by atoms with Gasteiger partial charge in [0.25, 0.3) is 0 Å². The largest absolute Gasteiger partial charge is 0.463 e. The molecule has 0 spiro atoms. The number of ether oxygens (including phenoxy) is 4. The van der Waals surface area contributed by atoms with Crippen LogP contribution in [0.1, 0.15) is 72.4 Å². The monoisotopic (exact) mass is 519 g/mol. The van der Waals surface area contributed by atoms with Gasteiger partial charge in [0.1, 0.15) is 19.0 Å². The summed E-state index contributed by atoms with van der Waals surface area (Å²) in [6.07, 6.45) is 4.05. The predicted molar refractivity (Wildman–Crippen MR) is 129 cm³/mol. The molecule has 3 rings (SSSR count). The van der Waals surface area contributed by atoms with Crippen molar-refractivity contribution in [3.05, 3.63) is 12.7 Å². The van der Waals surface area contributed by atoms with Gasteiger partial charge in [-0.1, -0.05) is 32.6 Å². The number of hydrogen-bond donors (Lipinski definition) is 1. The second kappa shape index (κ2) is 13.1. The summed E-state index contributed by atoms with van der Waals surface area (Å²) in [7, 11) is 0. The maximum Gasteiger partial charge on any atom is 0.303 e. The van der Waals surface area contributed by atoms with E-state index in [1.165, 1.54) is 38.0 Å². The van der Waals surface area contributed by atoms with Crippen LogP contribution in [0.4, 0.5) is 5.82 Å². The van der Waals surface area contributed by atoms with Gasteiger partial charge in [-0.2, -0.15) is 0 Å². The summed E-state index contributed by atoms with van der Waals surface area (Å²) in [4.78, 5) is 60.3. The van der Waals surface area contributed by atoms with Gasteiger partial charge < -0.3 is 24.3 Å². The number of fused-ring (bicyclic) bond motifs is 1. The smallest absolute Gasteiger partial charge is 0.303 e. The van der Waals surface area contributed by atoms with E-state index < -0.39 is 42.4 Å². The summed E-state index contributed by atoms with van der Waals surface area (Å²) in [6.45, 7) is 5.56. The van der Waals surface area contributed by atoms with Crippen molar-refractivity contribution in [3.8, 4) is 0 Å². The molecule has 1 N–H and O–H groups in total. The number of imidazole rings is 1. The van der Waals surface area contributed by atoms with Crippen LogP contribution in [-0.4, -0.2) is 68.3 Å². The van der Waals surface area contributed by atoms with E-state index in [1.54, 1.807) is 0 Å². The summed E-state index contributed by atoms with van der Waals surface area (Å²) in [5, 5.41) is 2.78. The van der Waals surface area contributed by atoms with E-state index in [2.05, 4.69) is 27.2 Å². The Morgan fingerprint density at radius 3 is 2.32 bits per heavy atom. The molecular weight excluding hydrogens is 486 g/mol. The van der Waals surface area contributed by atoms with Gasteiger partial charge in [0.15, 0.2) is 35.4 Å². The summed E-state index contributed by atoms with van der Waals surface area (Å²) in [5.41, 5.74) is 0.601. The van der Waals surface area contributed by atoms with Crippen molar-refractivity contribution in [1.29, 1.82) is 0 Å². The number of anilines is 1. The lowest BCUT2D eigenvalue weighted by Gasteiger charge is -2.23. The Balaban J connectivity index is 1.85. The fourth-order valence-electron chi connectivity index (χ4n) is 4.13. The van der Waals surface area contributed by atoms with E-state index >= 15 is 0 Å². The van der Waals surface area contributed by atoms with Crippen molar-refractivity contribution < 1.29 is 38.1 Å². The van der Waals surface area contributed by atoms with Gasteiger partial charge in [-0.15, -0.1) is 0 Å². The number of nitrogens with zero attached hydrogens (tertiary/aromatic N) is 4. The normalized spacial score (nSPS) is 21.0. The third kappa shape index (κ3) is 7.44. The van der Waals surface area contributed by atoms with E-state index in [0.717, 1.165) is 32.1 Å². The molecule has 1 amide bonds. The Morgan fingerprint density at radius 2 is 1.65 bits per heavy atom. The molecule has 0 saturated carbocycles. The first kappa shape index (κ1) is 28.0. The zero-order valence-corrected chi connectivity index (χ0v) is 21.5. The summed E-state index contributed by atoms with van der Waals surface area (Å²) in [5.74, 6) is -1.76. The molecule has 0 aromatic carbocycles. The molecule has 0 bridgehead atoms. The van der Waals surface area contributed by atoms with Crippen molar-refractivity contribution in [2.75, 3.05) is 11.9 Å². The van der Waals surface area contributed by atoms with Gasteiger partial charge in [-0.25, -0.2) is 15.0 Å². The molecule has 2 aromatic heterocycles. The zero-order valence-electron chi connectivity index (χ0n) is 21.5. The summed E-state index contributed by atoms with van der Waals surface area (Å²) in [6, 6.07) is 0. The van der Waals surface area contributed by atoms with Crippen LogP contribution in [0, 0.1) is 0 Å². The second-order valence-corrected chi connectivity index (χ2v) is 8.77. The van der Waals surface area contributed by atoms with E-state index in [9.17, 15) is 19.2 Å². The molecule has 1 aliphatic rings. The number of rotatable bonds is 12. The molecule has 0 aliphatic carbocycles. The molecule has 1 fully saturated rings. The van der Waals surface area contributed by atoms with Crippen LogP contribution in [0.2, 0.25) is 0 Å². The molecule has 0 radical (unpaired) electrons. The second-order valence-electron chi connectivity index (χ2n) is 8.77. The van der Waals surface area contributed by atoms with Crippen molar-refractivity contribution in [3.63, 3.8) is 0 Å². The van der Waals surface area contributed by atoms with E-state index in [-0.39, 0.29) is 18.3 Å². The molecular formula is C24H33N5O8. The summed E-state index contributed by atoms with van der Waals surface area (Å²) >= 11 is 0. The summed E-state index contributed by atoms with van der Waals surface area (Å²) < 4.78 is 23.5. The van der Waals surface area contributed by atoms with Crippen molar-refractivity contribution in [2.24, 2.45) is 0 Å². The van der Waals surface area contributed by atoms with Crippen LogP contribution in [0.5, 0.6) is 0 Å². The van der Waals surface area contributed by atoms with Gasteiger partial charge in [0.05, 0.1) is 6.33 Å². The minimum absolute atomic E-state index is 0.183. The Hall–Kier alpha value is -3.61. The van der Waals surface area contributed by atoms with Gasteiger partial charge in [-0.3, -0.25) is 23.7 Å². The predicted octanol–water partition coefficient (Wildman–Crippen LogP) is 2.45. The standard InChI is InChI=1S/C24H33N5O8/c1-5-6-7-8-9-10-18(33)28-22-19-23(26-12-25-22)29(13-27-19)24-21(36-16(4)32)20(35-15(3)31)17(37-24)11-34-14(2)30/h12-13,17,20-21,24H,5-11H2,1-4H3,(H,25,26,28,33)/t17-,20+,21+,24+/m0/s1. The molecule has 2 aromatic rings. The molecule has 13 nitrogen and oxygen atoms in total. The third-order valence-electron chi connectivity index (χ3n) is 5.74. The molecule has 1 saturated heterocycles. The van der Waals surface area contributed by atoms with Crippen LogP contribution in [0.3, 0.4) is 0 Å². The van der Waals surface area contributed by atoms with E-state index in [1.807, 2.05) is 0 Å². The van der Waals surface area contributed by atoms with Crippen molar-refractivity contribution >= 4 is 40.8 Å². The van der Waals surface area contributed by atoms with Gasteiger partial charge in [0.2, 0.25) is 5.91 Å². The minimum atomic E-state index is -1.09. The number of nitrogens with one attached hydrogen (secondary N) is 1. The Morgan fingerprint density at radius 1 is 0.946 bits per heavy atom. The van der Waals surface area contributed by atoms with E-state index in [0.29, 0.717) is 17.6 Å². The van der Waals surface area contributed by atoms with Crippen LogP contribution in [0.15, 0.2) is 12.7 Å². The quantitative estimate of drug-likeness (QED) is 0.249. The first-order chi connectivity index (χ1) is 17.7. The number of esters is 3. The number of unbranched alkanes of at least 4 members (excludes halogenated alkanes) is 4. The fourth-order valence-corrected chi connectivity index (χ4v) is 4.13. The Kier molecular flexibility index (Phi) is 9.89. The number of carbonyl (C=O) groups is 4. The van der Waals surface area contributed by atoms with Crippen molar-refractivity contribution in [2.45, 2.75) is 90.8 Å². The highest BCUT2D eigenvalue weighted by Gasteiger charge is 2.51. The molecule has 13 heteroatoms. The molecule has 202 valence electrons. The van der Waals surface area contributed by atoms with E-state index in [4.69, 9.17) is 18.9 Å². The first-order valence-electron chi connectivity index (χ1n) is 12.3. The highest BCUT2D eigenvalue weighted by Crippen LogP contribution is 2.36.